The van der Waals surface area contributed by atoms with E-state index in [4.69, 9.17) is 0 Å². The minimum Gasteiger partial charge on any atom is -0.356 e. The maximum absolute atomic E-state index is 12.7. The first kappa shape index (κ1) is 18.9. The molecule has 1 aromatic rings. The summed E-state index contributed by atoms with van der Waals surface area (Å²) in [5, 5.41) is 2.94. The van der Waals surface area contributed by atoms with E-state index < -0.39 is 0 Å². The topological polar surface area (TPSA) is 82.6 Å². The zero-order chi connectivity index (χ0) is 19.8. The fraction of sp³-hybridized carbons (Fsp3) is 0.619. The molecule has 0 unspecified atom stereocenters. The third kappa shape index (κ3) is 3.50. The average Bonchev–Trinajstić information content (AvgIpc) is 2.68. The van der Waals surface area contributed by atoms with E-state index in [9.17, 15) is 14.4 Å². The second-order valence-corrected chi connectivity index (χ2v) is 8.39. The van der Waals surface area contributed by atoms with Crippen molar-refractivity contribution in [2.24, 2.45) is 11.8 Å². The van der Waals surface area contributed by atoms with Crippen molar-refractivity contribution < 1.29 is 14.4 Å². The number of fused-ring (bicyclic) bond motifs is 4. The van der Waals surface area contributed by atoms with Gasteiger partial charge in [-0.1, -0.05) is 0 Å². The number of Topliss-reactive ketones (excluding diaryl/α,β-unsaturated/α-hetero) is 1. The molecule has 0 saturated carbocycles. The number of ketones is 1. The summed E-state index contributed by atoms with van der Waals surface area (Å²) >= 11 is 0. The third-order valence-electron chi connectivity index (χ3n) is 6.54. The second kappa shape index (κ2) is 7.53. The zero-order valence-electron chi connectivity index (χ0n) is 16.6. The first-order valence-electron chi connectivity index (χ1n) is 10.2. The number of aromatic nitrogens is 1. The van der Waals surface area contributed by atoms with Crippen molar-refractivity contribution in [3.8, 4) is 0 Å². The van der Waals surface area contributed by atoms with E-state index in [2.05, 4.69) is 20.1 Å². The number of nitrogens with zero attached hydrogens (tertiary/aromatic N) is 3. The smallest absolute Gasteiger partial charge is 0.223 e. The standard InChI is InChI=1S/C21H28N4O3/c1-13(26)15-6-7-20(23-9-15)24-11-16-8-17(12-24)19(10-22-14(2)27)25-18(16)4-3-5-21(25)28/h6-7,9,16-19H,3-5,8,10-12H2,1-2H3,(H,22,27)/t16-,17+,18+,19+/m1/s1. The number of nitrogens with one attached hydrogen (secondary N) is 1. The van der Waals surface area contributed by atoms with Crippen LogP contribution in [0.1, 0.15) is 49.9 Å². The Morgan fingerprint density at radius 2 is 2.00 bits per heavy atom. The molecule has 28 heavy (non-hydrogen) atoms. The van der Waals surface area contributed by atoms with E-state index in [1.165, 1.54) is 6.92 Å². The second-order valence-electron chi connectivity index (χ2n) is 8.39. The lowest BCUT2D eigenvalue weighted by molar-refractivity contribution is -0.149. The van der Waals surface area contributed by atoms with Crippen LogP contribution in [0.15, 0.2) is 18.3 Å². The number of carbonyl (C=O) groups excluding carboxylic acids is 3. The summed E-state index contributed by atoms with van der Waals surface area (Å²) in [6, 6.07) is 4.04. The number of rotatable bonds is 4. The molecule has 4 heterocycles. The molecular weight excluding hydrogens is 356 g/mol. The van der Waals surface area contributed by atoms with E-state index in [-0.39, 0.29) is 29.7 Å². The molecule has 0 aromatic carbocycles. The Hall–Kier alpha value is -2.44. The highest BCUT2D eigenvalue weighted by Gasteiger charge is 2.49. The molecule has 3 fully saturated rings. The number of piperidine rings is 3. The SMILES string of the molecule is CC(=O)NC[C@H]1[C@H]2C[C@H](CN(c3ccc(C(C)=O)cn3)C2)[C@@H]2CCCC(=O)N21. The van der Waals surface area contributed by atoms with Gasteiger partial charge in [0.15, 0.2) is 5.78 Å². The van der Waals surface area contributed by atoms with Crippen LogP contribution >= 0.6 is 0 Å². The van der Waals surface area contributed by atoms with Gasteiger partial charge in [-0.05, 0) is 50.2 Å². The Bertz CT molecular complexity index is 778. The maximum atomic E-state index is 12.7. The molecule has 0 radical (unpaired) electrons. The molecule has 3 saturated heterocycles. The van der Waals surface area contributed by atoms with Crippen molar-refractivity contribution in [3.05, 3.63) is 23.9 Å². The average molecular weight is 384 g/mol. The van der Waals surface area contributed by atoms with Crippen LogP contribution in [0, 0.1) is 11.8 Å². The van der Waals surface area contributed by atoms with Crippen LogP contribution in [-0.2, 0) is 9.59 Å². The molecule has 3 aliphatic heterocycles. The molecule has 3 aliphatic rings. The summed E-state index contributed by atoms with van der Waals surface area (Å²) in [6.45, 7) is 5.27. The van der Waals surface area contributed by atoms with Crippen molar-refractivity contribution in [2.45, 2.75) is 51.6 Å². The van der Waals surface area contributed by atoms with Crippen LogP contribution in [0.3, 0.4) is 0 Å². The fourth-order valence-corrected chi connectivity index (χ4v) is 5.25. The van der Waals surface area contributed by atoms with Crippen molar-refractivity contribution in [1.29, 1.82) is 0 Å². The summed E-state index contributed by atoms with van der Waals surface area (Å²) in [5.41, 5.74) is 0.619. The van der Waals surface area contributed by atoms with Crippen molar-refractivity contribution in [2.75, 3.05) is 24.5 Å². The Morgan fingerprint density at radius 1 is 1.21 bits per heavy atom. The van der Waals surface area contributed by atoms with Crippen LogP contribution in [-0.4, -0.2) is 59.2 Å². The fourth-order valence-electron chi connectivity index (χ4n) is 5.25. The third-order valence-corrected chi connectivity index (χ3v) is 6.54. The molecule has 1 aromatic heterocycles. The largest absolute Gasteiger partial charge is 0.356 e. The Kier molecular flexibility index (Phi) is 5.08. The Morgan fingerprint density at radius 3 is 2.68 bits per heavy atom. The van der Waals surface area contributed by atoms with Crippen molar-refractivity contribution in [3.63, 3.8) is 0 Å². The van der Waals surface area contributed by atoms with Gasteiger partial charge in [0, 0.05) is 50.8 Å². The quantitative estimate of drug-likeness (QED) is 0.798. The lowest BCUT2D eigenvalue weighted by Crippen LogP contribution is -2.67. The van der Waals surface area contributed by atoms with Crippen LogP contribution in [0.4, 0.5) is 5.82 Å². The Labute approximate surface area is 165 Å². The van der Waals surface area contributed by atoms with Gasteiger partial charge in [0.05, 0.1) is 6.04 Å². The van der Waals surface area contributed by atoms with Gasteiger partial charge in [0.1, 0.15) is 5.82 Å². The molecule has 7 nitrogen and oxygen atoms in total. The lowest BCUT2D eigenvalue weighted by Gasteiger charge is -2.56. The maximum Gasteiger partial charge on any atom is 0.223 e. The highest BCUT2D eigenvalue weighted by molar-refractivity contribution is 5.93. The minimum absolute atomic E-state index is 0.0151. The number of pyridine rings is 1. The summed E-state index contributed by atoms with van der Waals surface area (Å²) in [5.74, 6) is 1.80. The molecule has 0 aliphatic carbocycles. The van der Waals surface area contributed by atoms with Gasteiger partial charge in [0.25, 0.3) is 0 Å². The van der Waals surface area contributed by atoms with Gasteiger partial charge in [-0.2, -0.15) is 0 Å². The van der Waals surface area contributed by atoms with E-state index in [0.29, 0.717) is 30.4 Å². The number of amides is 2. The van der Waals surface area contributed by atoms with Crippen LogP contribution in [0.2, 0.25) is 0 Å². The summed E-state index contributed by atoms with van der Waals surface area (Å²) in [4.78, 5) is 44.7. The highest BCUT2D eigenvalue weighted by atomic mass is 16.2. The molecule has 4 atom stereocenters. The van der Waals surface area contributed by atoms with Gasteiger partial charge in [0.2, 0.25) is 11.8 Å². The molecule has 2 amide bonds. The van der Waals surface area contributed by atoms with E-state index in [1.807, 2.05) is 12.1 Å². The van der Waals surface area contributed by atoms with Gasteiger partial charge in [-0.3, -0.25) is 14.4 Å². The molecule has 0 spiro atoms. The predicted molar refractivity (Wildman–Crippen MR) is 105 cm³/mol. The zero-order valence-corrected chi connectivity index (χ0v) is 16.6. The number of hydrogen-bond acceptors (Lipinski definition) is 5. The van der Waals surface area contributed by atoms with E-state index in [1.54, 1.807) is 13.1 Å². The number of carbonyl (C=O) groups is 3. The van der Waals surface area contributed by atoms with Gasteiger partial charge in [-0.25, -0.2) is 4.98 Å². The van der Waals surface area contributed by atoms with Gasteiger partial charge < -0.3 is 15.1 Å². The summed E-state index contributed by atoms with van der Waals surface area (Å²) in [6.07, 6.45) is 5.32. The summed E-state index contributed by atoms with van der Waals surface area (Å²) in [7, 11) is 0. The highest BCUT2D eigenvalue weighted by Crippen LogP contribution is 2.42. The minimum atomic E-state index is -0.0581. The van der Waals surface area contributed by atoms with Gasteiger partial charge >= 0.3 is 0 Å². The van der Waals surface area contributed by atoms with E-state index in [0.717, 1.165) is 38.2 Å². The van der Waals surface area contributed by atoms with Crippen molar-refractivity contribution in [1.82, 2.24) is 15.2 Å². The van der Waals surface area contributed by atoms with Crippen LogP contribution in [0.5, 0.6) is 0 Å². The normalized spacial score (nSPS) is 29.3. The molecule has 4 rings (SSSR count). The first-order chi connectivity index (χ1) is 13.4. The Balaban J connectivity index is 1.59. The predicted octanol–water partition coefficient (Wildman–Crippen LogP) is 1.63. The summed E-state index contributed by atoms with van der Waals surface area (Å²) < 4.78 is 0. The molecule has 7 heteroatoms. The lowest BCUT2D eigenvalue weighted by atomic mass is 9.72. The van der Waals surface area contributed by atoms with Crippen molar-refractivity contribution >= 4 is 23.4 Å². The van der Waals surface area contributed by atoms with Crippen LogP contribution < -0.4 is 10.2 Å². The number of anilines is 1. The van der Waals surface area contributed by atoms with Gasteiger partial charge in [-0.15, -0.1) is 0 Å². The van der Waals surface area contributed by atoms with E-state index >= 15 is 0 Å². The molecular formula is C21H28N4O3. The molecule has 1 N–H and O–H groups in total. The van der Waals surface area contributed by atoms with Crippen LogP contribution in [0.25, 0.3) is 0 Å². The monoisotopic (exact) mass is 384 g/mol. The first-order valence-corrected chi connectivity index (χ1v) is 10.2. The molecule has 150 valence electrons. The molecule has 2 bridgehead atoms. The number of hydrogen-bond donors (Lipinski definition) is 1.